The molecule has 0 radical (unpaired) electrons. The van der Waals surface area contributed by atoms with Crippen molar-refractivity contribution in [3.05, 3.63) is 72.2 Å². The second kappa shape index (κ2) is 8.25. The summed E-state index contributed by atoms with van der Waals surface area (Å²) in [6.07, 6.45) is 7.91. The fraction of sp³-hybridized carbons (Fsp3) is 0.333. The molecule has 26 heavy (non-hydrogen) atoms. The molecule has 5 nitrogen and oxygen atoms in total. The summed E-state index contributed by atoms with van der Waals surface area (Å²) in [6, 6.07) is 14.1. The number of likely N-dealkylation sites (tertiary alicyclic amines) is 1. The zero-order valence-corrected chi connectivity index (χ0v) is 14.8. The highest BCUT2D eigenvalue weighted by atomic mass is 16.5. The molecule has 3 heterocycles. The van der Waals surface area contributed by atoms with Gasteiger partial charge in [0.25, 0.3) is 0 Å². The number of ether oxygens (including phenoxy) is 1. The minimum absolute atomic E-state index is 0.351. The lowest BCUT2D eigenvalue weighted by molar-refractivity contribution is -0.00397. The third-order valence-corrected chi connectivity index (χ3v) is 4.72. The van der Waals surface area contributed by atoms with Crippen molar-refractivity contribution in [2.24, 2.45) is 0 Å². The van der Waals surface area contributed by atoms with Crippen LogP contribution >= 0.6 is 0 Å². The Morgan fingerprint density at radius 2 is 1.73 bits per heavy atom. The summed E-state index contributed by atoms with van der Waals surface area (Å²) >= 11 is 0. The first-order valence-corrected chi connectivity index (χ1v) is 9.09. The van der Waals surface area contributed by atoms with Gasteiger partial charge in [0.05, 0.1) is 19.0 Å². The quantitative estimate of drug-likeness (QED) is 0.675. The first-order chi connectivity index (χ1) is 12.9. The summed E-state index contributed by atoms with van der Waals surface area (Å²) in [4.78, 5) is 11.3. The van der Waals surface area contributed by atoms with Crippen LogP contribution < -0.4 is 0 Å². The molecular weight excluding hydrogens is 326 g/mol. The number of hydrogen-bond donors (Lipinski definition) is 0. The van der Waals surface area contributed by atoms with Crippen molar-refractivity contribution in [1.82, 2.24) is 14.9 Å². The highest BCUT2D eigenvalue weighted by molar-refractivity contribution is 5.45. The predicted octanol–water partition coefficient (Wildman–Crippen LogP) is 3.92. The Morgan fingerprint density at radius 1 is 0.962 bits per heavy atom. The van der Waals surface area contributed by atoms with Gasteiger partial charge in [0.15, 0.2) is 11.6 Å². The van der Waals surface area contributed by atoms with E-state index in [1.54, 1.807) is 6.26 Å². The highest BCUT2D eigenvalue weighted by Gasteiger charge is 2.20. The summed E-state index contributed by atoms with van der Waals surface area (Å²) in [5, 5.41) is 0. The molecule has 1 aliphatic rings. The third kappa shape index (κ3) is 4.36. The molecule has 1 aromatic carbocycles. The number of nitrogens with zero attached hydrogens (tertiary/aromatic N) is 3. The lowest BCUT2D eigenvalue weighted by atomic mass is 10.1. The minimum Gasteiger partial charge on any atom is -0.461 e. The summed E-state index contributed by atoms with van der Waals surface area (Å²) in [5.41, 5.74) is 2.37. The average molecular weight is 349 g/mol. The fourth-order valence-electron chi connectivity index (χ4n) is 3.25. The molecule has 0 amide bonds. The van der Waals surface area contributed by atoms with Gasteiger partial charge in [-0.1, -0.05) is 30.3 Å². The molecule has 0 aliphatic carbocycles. The van der Waals surface area contributed by atoms with E-state index in [0.717, 1.165) is 38.0 Å². The van der Waals surface area contributed by atoms with E-state index in [2.05, 4.69) is 39.1 Å². The van der Waals surface area contributed by atoms with Crippen LogP contribution in [0.2, 0.25) is 0 Å². The molecule has 1 fully saturated rings. The van der Waals surface area contributed by atoms with Crippen LogP contribution in [0, 0.1) is 0 Å². The van der Waals surface area contributed by atoms with Gasteiger partial charge in [-0.05, 0) is 30.5 Å². The molecule has 0 atom stereocenters. The van der Waals surface area contributed by atoms with Crippen molar-refractivity contribution < 1.29 is 9.15 Å². The molecule has 0 spiro atoms. The lowest BCUT2D eigenvalue weighted by Gasteiger charge is -2.31. The Bertz CT molecular complexity index is 780. The molecule has 5 heteroatoms. The average Bonchev–Trinajstić information content (AvgIpc) is 3.24. The van der Waals surface area contributed by atoms with Crippen molar-refractivity contribution >= 4 is 0 Å². The largest absolute Gasteiger partial charge is 0.461 e. The Hall–Kier alpha value is -2.50. The molecule has 3 aromatic rings. The Morgan fingerprint density at radius 3 is 2.42 bits per heavy atom. The molecule has 0 saturated carbocycles. The van der Waals surface area contributed by atoms with Crippen LogP contribution in [-0.4, -0.2) is 34.1 Å². The van der Waals surface area contributed by atoms with Gasteiger partial charge in [0, 0.05) is 37.6 Å². The van der Waals surface area contributed by atoms with E-state index in [9.17, 15) is 0 Å². The number of furan rings is 1. The van der Waals surface area contributed by atoms with Gasteiger partial charge in [-0.2, -0.15) is 0 Å². The van der Waals surface area contributed by atoms with E-state index in [-0.39, 0.29) is 0 Å². The summed E-state index contributed by atoms with van der Waals surface area (Å²) < 4.78 is 11.4. The summed E-state index contributed by atoms with van der Waals surface area (Å²) in [5.74, 6) is 1.33. The van der Waals surface area contributed by atoms with Crippen molar-refractivity contribution in [2.45, 2.75) is 32.1 Å². The molecule has 0 bridgehead atoms. The molecular formula is C21H23N3O2. The summed E-state index contributed by atoms with van der Waals surface area (Å²) in [6.45, 7) is 3.66. The molecule has 1 aliphatic heterocycles. The Kier molecular flexibility index (Phi) is 5.38. The van der Waals surface area contributed by atoms with Gasteiger partial charge >= 0.3 is 0 Å². The predicted molar refractivity (Wildman–Crippen MR) is 99.3 cm³/mol. The van der Waals surface area contributed by atoms with Gasteiger partial charge in [0.1, 0.15) is 0 Å². The Balaban J connectivity index is 1.23. The third-order valence-electron chi connectivity index (χ3n) is 4.72. The van der Waals surface area contributed by atoms with Crippen LogP contribution in [0.4, 0.5) is 0 Å². The van der Waals surface area contributed by atoms with Gasteiger partial charge in [0.2, 0.25) is 0 Å². The van der Waals surface area contributed by atoms with Gasteiger partial charge in [-0.3, -0.25) is 4.90 Å². The van der Waals surface area contributed by atoms with Crippen molar-refractivity contribution in [3.63, 3.8) is 0 Å². The molecule has 1 saturated heterocycles. The monoisotopic (exact) mass is 349 g/mol. The van der Waals surface area contributed by atoms with E-state index in [4.69, 9.17) is 9.15 Å². The van der Waals surface area contributed by atoms with E-state index >= 15 is 0 Å². The molecule has 4 rings (SSSR count). The number of rotatable bonds is 6. The topological polar surface area (TPSA) is 51.4 Å². The number of hydrogen-bond acceptors (Lipinski definition) is 5. The standard InChI is InChI=1S/C21H23N3O2/c1-2-5-17(6-3-1)16-26-19-8-10-24(11-9-19)15-18-13-22-21(23-14-18)20-7-4-12-25-20/h1-7,12-14,19H,8-11,15-16H2. The first kappa shape index (κ1) is 16.9. The normalized spacial score (nSPS) is 16.0. The SMILES string of the molecule is c1ccc(COC2CCN(Cc3cnc(-c4ccco4)nc3)CC2)cc1. The van der Waals surface area contributed by atoms with Crippen LogP contribution in [0.25, 0.3) is 11.6 Å². The smallest absolute Gasteiger partial charge is 0.195 e. The molecule has 0 N–H and O–H groups in total. The van der Waals surface area contributed by atoms with Crippen LogP contribution in [0.5, 0.6) is 0 Å². The lowest BCUT2D eigenvalue weighted by Crippen LogP contribution is -2.36. The van der Waals surface area contributed by atoms with Crippen molar-refractivity contribution in [2.75, 3.05) is 13.1 Å². The van der Waals surface area contributed by atoms with Crippen LogP contribution in [0.3, 0.4) is 0 Å². The van der Waals surface area contributed by atoms with Crippen LogP contribution in [0.15, 0.2) is 65.5 Å². The van der Waals surface area contributed by atoms with Crippen LogP contribution in [-0.2, 0) is 17.9 Å². The first-order valence-electron chi connectivity index (χ1n) is 9.09. The van der Waals surface area contributed by atoms with Gasteiger partial charge in [-0.25, -0.2) is 9.97 Å². The van der Waals surface area contributed by atoms with E-state index in [0.29, 0.717) is 24.3 Å². The fourth-order valence-corrected chi connectivity index (χ4v) is 3.25. The maximum absolute atomic E-state index is 6.06. The van der Waals surface area contributed by atoms with E-state index < -0.39 is 0 Å². The maximum Gasteiger partial charge on any atom is 0.195 e. The van der Waals surface area contributed by atoms with E-state index in [1.807, 2.05) is 30.6 Å². The second-order valence-corrected chi connectivity index (χ2v) is 6.66. The van der Waals surface area contributed by atoms with Gasteiger partial charge in [-0.15, -0.1) is 0 Å². The van der Waals surface area contributed by atoms with E-state index in [1.165, 1.54) is 5.56 Å². The zero-order valence-electron chi connectivity index (χ0n) is 14.8. The minimum atomic E-state index is 0.351. The maximum atomic E-state index is 6.06. The van der Waals surface area contributed by atoms with Crippen LogP contribution in [0.1, 0.15) is 24.0 Å². The number of benzene rings is 1. The molecule has 134 valence electrons. The molecule has 2 aromatic heterocycles. The Labute approximate surface area is 153 Å². The molecule has 0 unspecified atom stereocenters. The number of aromatic nitrogens is 2. The van der Waals surface area contributed by atoms with Crippen molar-refractivity contribution in [1.29, 1.82) is 0 Å². The zero-order chi connectivity index (χ0) is 17.6. The second-order valence-electron chi connectivity index (χ2n) is 6.66. The number of piperidine rings is 1. The van der Waals surface area contributed by atoms with Crippen molar-refractivity contribution in [3.8, 4) is 11.6 Å². The summed E-state index contributed by atoms with van der Waals surface area (Å²) in [7, 11) is 0. The highest BCUT2D eigenvalue weighted by Crippen LogP contribution is 2.19. The van der Waals surface area contributed by atoms with Gasteiger partial charge < -0.3 is 9.15 Å².